The molecule has 0 aliphatic heterocycles. The van der Waals surface area contributed by atoms with Gasteiger partial charge in [0.05, 0.1) is 26.5 Å². The molecule has 4 heteroatoms. The normalized spacial score (nSPS) is 10.6. The van der Waals surface area contributed by atoms with Gasteiger partial charge in [0.1, 0.15) is 0 Å². The second kappa shape index (κ2) is 4.59. The van der Waals surface area contributed by atoms with E-state index in [9.17, 15) is 5.11 Å². The highest BCUT2D eigenvalue weighted by atomic mass is 16.5. The van der Waals surface area contributed by atoms with Crippen LogP contribution in [0.4, 0.5) is 0 Å². The Hall–Kier alpha value is -1.81. The smallest absolute Gasteiger partial charge is 0.161 e. The Balaban J connectivity index is 2.74. The quantitative estimate of drug-likeness (QED) is 0.881. The number of hydrogen-bond donors (Lipinski definition) is 1. The van der Waals surface area contributed by atoms with E-state index in [4.69, 9.17) is 9.47 Å². The number of rotatable bonds is 3. The molecule has 1 N–H and O–H groups in total. The van der Waals surface area contributed by atoms with Crippen LogP contribution < -0.4 is 9.47 Å². The number of methoxy groups -OCH3 is 2. The second-order valence-corrected chi connectivity index (χ2v) is 3.78. The van der Waals surface area contributed by atoms with E-state index in [0.717, 1.165) is 16.3 Å². The van der Waals surface area contributed by atoms with E-state index in [-0.39, 0.29) is 6.61 Å². The van der Waals surface area contributed by atoms with Crippen LogP contribution >= 0.6 is 0 Å². The SMILES string of the molecule is COc1cc2cnc(CO)c(C)c2cc1OC. The Bertz CT molecular complexity index is 552. The van der Waals surface area contributed by atoms with Gasteiger partial charge in [0, 0.05) is 11.6 Å². The van der Waals surface area contributed by atoms with Gasteiger partial charge in [-0.2, -0.15) is 0 Å². The molecule has 4 nitrogen and oxygen atoms in total. The highest BCUT2D eigenvalue weighted by Gasteiger charge is 2.10. The third-order valence-electron chi connectivity index (χ3n) is 2.90. The van der Waals surface area contributed by atoms with E-state index in [1.807, 2.05) is 19.1 Å². The van der Waals surface area contributed by atoms with E-state index in [1.165, 1.54) is 0 Å². The first-order chi connectivity index (χ1) is 8.21. The Morgan fingerprint density at radius 2 is 1.82 bits per heavy atom. The van der Waals surface area contributed by atoms with Crippen molar-refractivity contribution in [1.29, 1.82) is 0 Å². The number of pyridine rings is 1. The fourth-order valence-electron chi connectivity index (χ4n) is 1.89. The summed E-state index contributed by atoms with van der Waals surface area (Å²) >= 11 is 0. The summed E-state index contributed by atoms with van der Waals surface area (Å²) < 4.78 is 10.5. The fourth-order valence-corrected chi connectivity index (χ4v) is 1.89. The monoisotopic (exact) mass is 233 g/mol. The van der Waals surface area contributed by atoms with Gasteiger partial charge in [0.15, 0.2) is 11.5 Å². The van der Waals surface area contributed by atoms with Gasteiger partial charge in [0.2, 0.25) is 0 Å². The minimum atomic E-state index is -0.0594. The maximum atomic E-state index is 9.19. The molecule has 17 heavy (non-hydrogen) atoms. The summed E-state index contributed by atoms with van der Waals surface area (Å²) in [5.74, 6) is 1.36. The summed E-state index contributed by atoms with van der Waals surface area (Å²) in [6.07, 6.45) is 1.73. The van der Waals surface area contributed by atoms with Crippen molar-refractivity contribution in [3.8, 4) is 11.5 Å². The zero-order valence-corrected chi connectivity index (χ0v) is 10.2. The first-order valence-electron chi connectivity index (χ1n) is 5.32. The Morgan fingerprint density at radius 3 is 2.41 bits per heavy atom. The molecule has 0 unspecified atom stereocenters. The highest BCUT2D eigenvalue weighted by Crippen LogP contribution is 2.33. The van der Waals surface area contributed by atoms with Gasteiger partial charge in [-0.3, -0.25) is 4.98 Å². The molecular weight excluding hydrogens is 218 g/mol. The number of aliphatic hydroxyl groups excluding tert-OH is 1. The fraction of sp³-hybridized carbons (Fsp3) is 0.308. The summed E-state index contributed by atoms with van der Waals surface area (Å²) in [4.78, 5) is 4.21. The van der Waals surface area contributed by atoms with Crippen LogP contribution in [0.1, 0.15) is 11.3 Å². The van der Waals surface area contributed by atoms with Crippen molar-refractivity contribution in [3.05, 3.63) is 29.6 Å². The van der Waals surface area contributed by atoms with Crippen LogP contribution in [0.15, 0.2) is 18.3 Å². The standard InChI is InChI=1S/C13H15NO3/c1-8-10-5-13(17-3)12(16-2)4-9(10)6-14-11(8)7-15/h4-6,15H,7H2,1-3H3. The molecule has 0 aliphatic rings. The van der Waals surface area contributed by atoms with Crippen LogP contribution in [0.2, 0.25) is 0 Å². The lowest BCUT2D eigenvalue weighted by atomic mass is 10.1. The molecule has 1 aromatic carbocycles. The summed E-state index contributed by atoms with van der Waals surface area (Å²) in [7, 11) is 3.21. The molecule has 90 valence electrons. The summed E-state index contributed by atoms with van der Waals surface area (Å²) in [5.41, 5.74) is 1.65. The van der Waals surface area contributed by atoms with E-state index >= 15 is 0 Å². The van der Waals surface area contributed by atoms with Gasteiger partial charge in [-0.1, -0.05) is 0 Å². The number of fused-ring (bicyclic) bond motifs is 1. The van der Waals surface area contributed by atoms with Crippen LogP contribution in [0.3, 0.4) is 0 Å². The second-order valence-electron chi connectivity index (χ2n) is 3.78. The Labute approximate surface area is 99.8 Å². The molecule has 0 saturated heterocycles. The first-order valence-corrected chi connectivity index (χ1v) is 5.32. The molecule has 0 amide bonds. The number of nitrogens with zero attached hydrogens (tertiary/aromatic N) is 1. The van der Waals surface area contributed by atoms with Gasteiger partial charge in [-0.15, -0.1) is 0 Å². The molecule has 0 spiro atoms. The van der Waals surface area contributed by atoms with Crippen molar-refractivity contribution in [2.45, 2.75) is 13.5 Å². The van der Waals surface area contributed by atoms with Gasteiger partial charge >= 0.3 is 0 Å². The number of hydrogen-bond acceptors (Lipinski definition) is 4. The highest BCUT2D eigenvalue weighted by molar-refractivity contribution is 5.88. The summed E-state index contributed by atoms with van der Waals surface area (Å²) in [6, 6.07) is 3.79. The summed E-state index contributed by atoms with van der Waals surface area (Å²) in [5, 5.41) is 11.2. The van der Waals surface area contributed by atoms with E-state index in [2.05, 4.69) is 4.98 Å². The van der Waals surface area contributed by atoms with E-state index in [0.29, 0.717) is 17.2 Å². The number of benzene rings is 1. The lowest BCUT2D eigenvalue weighted by Gasteiger charge is -2.11. The van der Waals surface area contributed by atoms with Crippen LogP contribution in [0.25, 0.3) is 10.8 Å². The van der Waals surface area contributed by atoms with Crippen molar-refractivity contribution in [1.82, 2.24) is 4.98 Å². The molecule has 1 heterocycles. The lowest BCUT2D eigenvalue weighted by molar-refractivity contribution is 0.276. The van der Waals surface area contributed by atoms with Crippen molar-refractivity contribution in [2.24, 2.45) is 0 Å². The van der Waals surface area contributed by atoms with Crippen molar-refractivity contribution in [2.75, 3.05) is 14.2 Å². The zero-order valence-electron chi connectivity index (χ0n) is 10.2. The van der Waals surface area contributed by atoms with Crippen molar-refractivity contribution in [3.63, 3.8) is 0 Å². The molecular formula is C13H15NO3. The Kier molecular flexibility index (Phi) is 3.15. The Morgan fingerprint density at radius 1 is 1.18 bits per heavy atom. The van der Waals surface area contributed by atoms with Crippen LogP contribution in [-0.2, 0) is 6.61 Å². The minimum Gasteiger partial charge on any atom is -0.493 e. The molecule has 0 atom stereocenters. The molecule has 0 saturated carbocycles. The van der Waals surface area contributed by atoms with Gasteiger partial charge < -0.3 is 14.6 Å². The van der Waals surface area contributed by atoms with Crippen LogP contribution in [0.5, 0.6) is 11.5 Å². The maximum absolute atomic E-state index is 9.19. The minimum absolute atomic E-state index is 0.0594. The molecule has 0 aliphatic carbocycles. The number of aryl methyl sites for hydroxylation is 1. The average Bonchev–Trinajstić information content (AvgIpc) is 2.38. The van der Waals surface area contributed by atoms with Crippen LogP contribution in [-0.4, -0.2) is 24.3 Å². The van der Waals surface area contributed by atoms with Gasteiger partial charge in [-0.05, 0) is 30.0 Å². The lowest BCUT2D eigenvalue weighted by Crippen LogP contribution is -1.96. The largest absolute Gasteiger partial charge is 0.493 e. The third-order valence-corrected chi connectivity index (χ3v) is 2.90. The maximum Gasteiger partial charge on any atom is 0.161 e. The van der Waals surface area contributed by atoms with Crippen molar-refractivity contribution >= 4 is 10.8 Å². The van der Waals surface area contributed by atoms with E-state index in [1.54, 1.807) is 20.4 Å². The zero-order chi connectivity index (χ0) is 12.4. The first kappa shape index (κ1) is 11.7. The van der Waals surface area contributed by atoms with E-state index < -0.39 is 0 Å². The molecule has 0 fully saturated rings. The summed E-state index contributed by atoms with van der Waals surface area (Å²) in [6.45, 7) is 1.88. The van der Waals surface area contributed by atoms with Crippen LogP contribution in [0, 0.1) is 6.92 Å². The average molecular weight is 233 g/mol. The molecule has 2 rings (SSSR count). The third kappa shape index (κ3) is 1.91. The number of ether oxygens (including phenoxy) is 2. The number of aliphatic hydroxyl groups is 1. The molecule has 0 radical (unpaired) electrons. The van der Waals surface area contributed by atoms with Crippen molar-refractivity contribution < 1.29 is 14.6 Å². The topological polar surface area (TPSA) is 51.6 Å². The molecule has 1 aromatic heterocycles. The molecule has 0 bridgehead atoms. The molecule has 2 aromatic rings. The predicted molar refractivity (Wildman–Crippen MR) is 65.5 cm³/mol. The van der Waals surface area contributed by atoms with Gasteiger partial charge in [0.25, 0.3) is 0 Å². The number of aromatic nitrogens is 1. The predicted octanol–water partition coefficient (Wildman–Crippen LogP) is 2.05. The van der Waals surface area contributed by atoms with Gasteiger partial charge in [-0.25, -0.2) is 0 Å².